The van der Waals surface area contributed by atoms with Crippen molar-refractivity contribution in [1.29, 1.82) is 0 Å². The van der Waals surface area contributed by atoms with Crippen molar-refractivity contribution in [2.45, 2.75) is 31.7 Å². The van der Waals surface area contributed by atoms with Crippen LogP contribution in [0.3, 0.4) is 0 Å². The van der Waals surface area contributed by atoms with E-state index in [2.05, 4.69) is 0 Å². The molecule has 0 bridgehead atoms. The van der Waals surface area contributed by atoms with Gasteiger partial charge >= 0.3 is 0 Å². The van der Waals surface area contributed by atoms with E-state index in [0.717, 1.165) is 13.0 Å². The quantitative estimate of drug-likeness (QED) is 0.513. The maximum absolute atomic E-state index is 8.86. The predicted octanol–water partition coefficient (Wildman–Crippen LogP) is 0.0970. The molecule has 0 aliphatic carbocycles. The molecule has 1 aliphatic heterocycles. The van der Waals surface area contributed by atoms with E-state index in [1.807, 2.05) is 0 Å². The summed E-state index contributed by atoms with van der Waals surface area (Å²) in [5.74, 6) is 5.66. The molecule has 60 valence electrons. The lowest BCUT2D eigenvalue weighted by Crippen LogP contribution is -2.42. The zero-order valence-electron chi connectivity index (χ0n) is 6.29. The highest BCUT2D eigenvalue weighted by Gasteiger charge is 2.16. The Morgan fingerprint density at radius 2 is 2.20 bits per heavy atom. The van der Waals surface area contributed by atoms with E-state index in [4.69, 9.17) is 10.9 Å². The first kappa shape index (κ1) is 7.98. The number of nitrogens with two attached hydrogens (primary N) is 1. The summed E-state index contributed by atoms with van der Waals surface area (Å²) in [4.78, 5) is 0. The van der Waals surface area contributed by atoms with Crippen LogP contribution < -0.4 is 5.84 Å². The molecule has 0 aromatic rings. The highest BCUT2D eigenvalue weighted by atomic mass is 16.3. The van der Waals surface area contributed by atoms with Crippen LogP contribution in [0.2, 0.25) is 0 Å². The maximum Gasteiger partial charge on any atom is 0.0600 e. The van der Waals surface area contributed by atoms with Crippen molar-refractivity contribution >= 4 is 0 Å². The molecule has 1 unspecified atom stereocenters. The molecule has 0 amide bonds. The van der Waals surface area contributed by atoms with Crippen LogP contribution in [0, 0.1) is 0 Å². The monoisotopic (exact) mass is 144 g/mol. The number of hydrogen-bond donors (Lipinski definition) is 2. The number of aliphatic hydroxyl groups excluding tert-OH is 1. The van der Waals surface area contributed by atoms with Crippen molar-refractivity contribution in [3.63, 3.8) is 0 Å². The van der Waals surface area contributed by atoms with Crippen molar-refractivity contribution in [2.75, 3.05) is 13.2 Å². The van der Waals surface area contributed by atoms with Gasteiger partial charge in [-0.3, -0.25) is 5.84 Å². The van der Waals surface area contributed by atoms with Crippen LogP contribution in [0.15, 0.2) is 0 Å². The molecule has 3 heteroatoms. The number of nitrogens with zero attached hydrogens (tertiary/aromatic N) is 1. The number of hydrogen-bond acceptors (Lipinski definition) is 3. The fraction of sp³-hybridized carbons (Fsp3) is 1.00. The summed E-state index contributed by atoms with van der Waals surface area (Å²) in [6.07, 6.45) is 4.68. The second kappa shape index (κ2) is 3.91. The molecule has 0 radical (unpaired) electrons. The van der Waals surface area contributed by atoms with Gasteiger partial charge in [0.2, 0.25) is 0 Å². The van der Waals surface area contributed by atoms with Gasteiger partial charge in [-0.1, -0.05) is 12.8 Å². The van der Waals surface area contributed by atoms with Crippen molar-refractivity contribution in [3.8, 4) is 0 Å². The molecule has 0 spiro atoms. The zero-order chi connectivity index (χ0) is 7.40. The van der Waals surface area contributed by atoms with E-state index in [0.29, 0.717) is 0 Å². The third kappa shape index (κ3) is 1.94. The predicted molar refractivity (Wildman–Crippen MR) is 40.2 cm³/mol. The Labute approximate surface area is 61.8 Å². The Morgan fingerprint density at radius 3 is 2.90 bits per heavy atom. The van der Waals surface area contributed by atoms with Gasteiger partial charge in [-0.2, -0.15) is 0 Å². The molecule has 1 fully saturated rings. The second-order valence-corrected chi connectivity index (χ2v) is 2.92. The fourth-order valence-corrected chi connectivity index (χ4v) is 1.40. The molecule has 3 N–H and O–H groups in total. The average molecular weight is 144 g/mol. The normalized spacial score (nSPS) is 30.0. The lowest BCUT2D eigenvalue weighted by Gasteiger charge is -2.22. The standard InChI is InChI=1S/C7H16N2O/c8-9-5-3-1-2-4-7(9)6-10/h7,10H,1-6,8H2. The van der Waals surface area contributed by atoms with Crippen LogP contribution >= 0.6 is 0 Å². The lowest BCUT2D eigenvalue weighted by molar-refractivity contribution is 0.126. The topological polar surface area (TPSA) is 49.5 Å². The third-order valence-corrected chi connectivity index (χ3v) is 2.13. The summed E-state index contributed by atoms with van der Waals surface area (Å²) in [6, 6.07) is 0.211. The first-order valence-corrected chi connectivity index (χ1v) is 3.97. The van der Waals surface area contributed by atoms with Crippen LogP contribution in [-0.2, 0) is 0 Å². The highest BCUT2D eigenvalue weighted by molar-refractivity contribution is 4.69. The van der Waals surface area contributed by atoms with Crippen molar-refractivity contribution in [1.82, 2.24) is 5.01 Å². The van der Waals surface area contributed by atoms with Crippen LogP contribution in [0.25, 0.3) is 0 Å². The van der Waals surface area contributed by atoms with Crippen LogP contribution in [0.4, 0.5) is 0 Å². The molecule has 1 heterocycles. The Kier molecular flexibility index (Phi) is 3.12. The summed E-state index contributed by atoms with van der Waals surface area (Å²) in [5.41, 5.74) is 0. The summed E-state index contributed by atoms with van der Waals surface area (Å²) in [7, 11) is 0. The Morgan fingerprint density at radius 1 is 1.40 bits per heavy atom. The summed E-state index contributed by atoms with van der Waals surface area (Å²) in [6.45, 7) is 1.14. The maximum atomic E-state index is 8.86. The first-order valence-electron chi connectivity index (χ1n) is 3.97. The van der Waals surface area contributed by atoms with E-state index < -0.39 is 0 Å². The number of aliphatic hydroxyl groups is 1. The lowest BCUT2D eigenvalue weighted by atomic mass is 10.1. The van der Waals surface area contributed by atoms with Gasteiger partial charge in [0.15, 0.2) is 0 Å². The van der Waals surface area contributed by atoms with Gasteiger partial charge in [-0.25, -0.2) is 5.01 Å². The number of hydrazine groups is 1. The molecular weight excluding hydrogens is 128 g/mol. The molecule has 1 atom stereocenters. The zero-order valence-corrected chi connectivity index (χ0v) is 6.29. The van der Waals surface area contributed by atoms with Crippen molar-refractivity contribution in [3.05, 3.63) is 0 Å². The summed E-state index contributed by atoms with van der Waals surface area (Å²) >= 11 is 0. The largest absolute Gasteiger partial charge is 0.395 e. The van der Waals surface area contributed by atoms with Gasteiger partial charge in [0, 0.05) is 12.6 Å². The van der Waals surface area contributed by atoms with Gasteiger partial charge in [0.25, 0.3) is 0 Å². The van der Waals surface area contributed by atoms with E-state index in [9.17, 15) is 0 Å². The Balaban J connectivity index is 2.35. The number of rotatable bonds is 1. The van der Waals surface area contributed by atoms with Crippen molar-refractivity contribution < 1.29 is 5.11 Å². The first-order chi connectivity index (χ1) is 4.84. The molecule has 10 heavy (non-hydrogen) atoms. The summed E-state index contributed by atoms with van der Waals surface area (Å²) < 4.78 is 0. The van der Waals surface area contributed by atoms with Gasteiger partial charge in [-0.05, 0) is 12.8 Å². The molecule has 0 saturated carbocycles. The Bertz CT molecular complexity index is 97.6. The molecule has 3 nitrogen and oxygen atoms in total. The molecule has 0 aromatic heterocycles. The van der Waals surface area contributed by atoms with E-state index >= 15 is 0 Å². The highest BCUT2D eigenvalue weighted by Crippen LogP contribution is 2.12. The van der Waals surface area contributed by atoms with Crippen molar-refractivity contribution in [2.24, 2.45) is 5.84 Å². The average Bonchev–Trinajstić information content (AvgIpc) is 2.13. The Hall–Kier alpha value is -0.120. The second-order valence-electron chi connectivity index (χ2n) is 2.92. The smallest absolute Gasteiger partial charge is 0.0600 e. The van der Waals surface area contributed by atoms with E-state index in [1.54, 1.807) is 5.01 Å². The van der Waals surface area contributed by atoms with Gasteiger partial charge in [0.1, 0.15) is 0 Å². The molecule has 1 aliphatic rings. The minimum atomic E-state index is 0.205. The van der Waals surface area contributed by atoms with Gasteiger partial charge < -0.3 is 5.11 Å². The van der Waals surface area contributed by atoms with Crippen LogP contribution in [0.1, 0.15) is 25.7 Å². The van der Waals surface area contributed by atoms with Gasteiger partial charge in [-0.15, -0.1) is 0 Å². The molecule has 0 aromatic carbocycles. The fourth-order valence-electron chi connectivity index (χ4n) is 1.40. The van der Waals surface area contributed by atoms with E-state index in [1.165, 1.54) is 19.3 Å². The molecule has 1 rings (SSSR count). The minimum absolute atomic E-state index is 0.205. The SMILES string of the molecule is NN1CCCCCC1CO. The minimum Gasteiger partial charge on any atom is -0.395 e. The third-order valence-electron chi connectivity index (χ3n) is 2.13. The molecular formula is C7H16N2O. The van der Waals surface area contributed by atoms with Gasteiger partial charge in [0.05, 0.1) is 6.61 Å². The molecule has 1 saturated heterocycles. The van der Waals surface area contributed by atoms with E-state index in [-0.39, 0.29) is 12.6 Å². The van der Waals surface area contributed by atoms with Crippen LogP contribution in [-0.4, -0.2) is 29.3 Å². The summed E-state index contributed by atoms with van der Waals surface area (Å²) in [5, 5.41) is 10.6. The van der Waals surface area contributed by atoms with Crippen LogP contribution in [0.5, 0.6) is 0 Å².